The summed E-state index contributed by atoms with van der Waals surface area (Å²) in [7, 11) is 0. The van der Waals surface area contributed by atoms with Crippen molar-refractivity contribution in [1.29, 1.82) is 0 Å². The molecule has 1 N–H and O–H groups in total. The van der Waals surface area contributed by atoms with Gasteiger partial charge < -0.3 is 9.73 Å². The molecule has 1 atom stereocenters. The van der Waals surface area contributed by atoms with Crippen LogP contribution >= 0.6 is 15.9 Å². The second-order valence-corrected chi connectivity index (χ2v) is 5.02. The number of likely N-dealkylation sites (N-methyl/N-ethyl adjacent to an activating group) is 1. The van der Waals surface area contributed by atoms with Crippen LogP contribution in [0, 0.1) is 0 Å². The van der Waals surface area contributed by atoms with Crippen molar-refractivity contribution in [3.8, 4) is 0 Å². The molecule has 1 saturated heterocycles. The minimum Gasteiger partial charge on any atom is -0.444 e. The molecule has 17 heavy (non-hydrogen) atoms. The summed E-state index contributed by atoms with van der Waals surface area (Å²) in [5.41, 5.74) is 0. The number of hydrogen-bond donors (Lipinski definition) is 1. The number of hydrogen-bond acceptors (Lipinski definition) is 3. The first-order chi connectivity index (χ1) is 8.20. The maximum absolute atomic E-state index is 11.8. The number of likely N-dealkylation sites (tertiary alicyclic amines) is 1. The van der Waals surface area contributed by atoms with Crippen LogP contribution in [0.5, 0.6) is 0 Å². The summed E-state index contributed by atoms with van der Waals surface area (Å²) in [6, 6.07) is 3.87. The second kappa shape index (κ2) is 5.69. The predicted molar refractivity (Wildman–Crippen MR) is 69.0 cm³/mol. The molecule has 1 fully saturated rings. The van der Waals surface area contributed by atoms with Crippen molar-refractivity contribution in [2.24, 2.45) is 0 Å². The van der Waals surface area contributed by atoms with Gasteiger partial charge in [0.25, 0.3) is 5.91 Å². The van der Waals surface area contributed by atoms with Crippen molar-refractivity contribution in [2.45, 2.75) is 25.8 Å². The average molecular weight is 301 g/mol. The molecule has 0 aromatic carbocycles. The summed E-state index contributed by atoms with van der Waals surface area (Å²) < 4.78 is 5.79. The Bertz CT molecular complexity index is 392. The summed E-state index contributed by atoms with van der Waals surface area (Å²) in [6.07, 6.45) is 2.39. The van der Waals surface area contributed by atoms with Gasteiger partial charge in [-0.1, -0.05) is 6.92 Å². The topological polar surface area (TPSA) is 45.5 Å². The molecule has 2 rings (SSSR count). The van der Waals surface area contributed by atoms with Crippen LogP contribution in [0.2, 0.25) is 0 Å². The Morgan fingerprint density at radius 3 is 3.12 bits per heavy atom. The van der Waals surface area contributed by atoms with Gasteiger partial charge in [-0.2, -0.15) is 0 Å². The van der Waals surface area contributed by atoms with Gasteiger partial charge in [0.1, 0.15) is 0 Å². The first kappa shape index (κ1) is 12.6. The van der Waals surface area contributed by atoms with E-state index in [4.69, 9.17) is 4.42 Å². The summed E-state index contributed by atoms with van der Waals surface area (Å²) in [4.78, 5) is 14.2. The standard InChI is InChI=1S/C12H17BrN2O2/c1-2-15-7-3-4-9(15)8-14-12(16)10-5-6-11(13)17-10/h5-6,9H,2-4,7-8H2,1H3,(H,14,16). The lowest BCUT2D eigenvalue weighted by Gasteiger charge is -2.22. The lowest BCUT2D eigenvalue weighted by Crippen LogP contribution is -2.39. The van der Waals surface area contributed by atoms with Crippen molar-refractivity contribution in [3.05, 3.63) is 22.6 Å². The quantitative estimate of drug-likeness (QED) is 0.928. The van der Waals surface area contributed by atoms with Crippen LogP contribution in [0.3, 0.4) is 0 Å². The summed E-state index contributed by atoms with van der Waals surface area (Å²) >= 11 is 3.18. The van der Waals surface area contributed by atoms with Crippen LogP contribution in [0.25, 0.3) is 0 Å². The molecular formula is C12H17BrN2O2. The Labute approximate surface area is 109 Å². The van der Waals surface area contributed by atoms with Gasteiger partial charge in [0.05, 0.1) is 0 Å². The van der Waals surface area contributed by atoms with E-state index in [1.807, 2.05) is 0 Å². The number of halogens is 1. The molecule has 1 aromatic heterocycles. The number of carbonyl (C=O) groups excluding carboxylic acids is 1. The molecule has 1 aliphatic rings. The van der Waals surface area contributed by atoms with Crippen molar-refractivity contribution >= 4 is 21.8 Å². The van der Waals surface area contributed by atoms with Crippen molar-refractivity contribution in [2.75, 3.05) is 19.6 Å². The summed E-state index contributed by atoms with van der Waals surface area (Å²) in [6.45, 7) is 5.05. The second-order valence-electron chi connectivity index (χ2n) is 4.24. The third kappa shape index (κ3) is 3.10. The van der Waals surface area contributed by atoms with E-state index in [1.54, 1.807) is 12.1 Å². The van der Waals surface area contributed by atoms with E-state index in [0.29, 0.717) is 23.0 Å². The molecule has 1 amide bonds. The zero-order valence-electron chi connectivity index (χ0n) is 9.91. The highest BCUT2D eigenvalue weighted by molar-refractivity contribution is 9.10. The molecule has 1 unspecified atom stereocenters. The molecule has 4 nitrogen and oxygen atoms in total. The van der Waals surface area contributed by atoms with Crippen LogP contribution in [-0.2, 0) is 0 Å². The van der Waals surface area contributed by atoms with Gasteiger partial charge in [0.2, 0.25) is 0 Å². The van der Waals surface area contributed by atoms with Gasteiger partial charge >= 0.3 is 0 Å². The zero-order chi connectivity index (χ0) is 12.3. The van der Waals surface area contributed by atoms with E-state index in [9.17, 15) is 4.79 Å². The Hall–Kier alpha value is -0.810. The molecule has 0 spiro atoms. The Kier molecular flexibility index (Phi) is 4.23. The van der Waals surface area contributed by atoms with E-state index in [0.717, 1.165) is 19.5 Å². The van der Waals surface area contributed by atoms with Crippen molar-refractivity contribution in [1.82, 2.24) is 10.2 Å². The Morgan fingerprint density at radius 2 is 2.47 bits per heavy atom. The largest absolute Gasteiger partial charge is 0.444 e. The smallest absolute Gasteiger partial charge is 0.287 e. The predicted octanol–water partition coefficient (Wildman–Crippen LogP) is 2.26. The van der Waals surface area contributed by atoms with Crippen LogP contribution in [0.15, 0.2) is 21.2 Å². The van der Waals surface area contributed by atoms with Crippen molar-refractivity contribution in [3.63, 3.8) is 0 Å². The molecule has 94 valence electrons. The fourth-order valence-electron chi connectivity index (χ4n) is 2.28. The molecule has 2 heterocycles. The fourth-order valence-corrected chi connectivity index (χ4v) is 2.58. The van der Waals surface area contributed by atoms with Gasteiger partial charge in [-0.3, -0.25) is 9.69 Å². The summed E-state index contributed by atoms with van der Waals surface area (Å²) in [5.74, 6) is 0.219. The fraction of sp³-hybridized carbons (Fsp3) is 0.583. The number of amides is 1. The van der Waals surface area contributed by atoms with Crippen LogP contribution < -0.4 is 5.32 Å². The number of furan rings is 1. The van der Waals surface area contributed by atoms with Crippen molar-refractivity contribution < 1.29 is 9.21 Å². The highest BCUT2D eigenvalue weighted by Crippen LogP contribution is 2.16. The number of carbonyl (C=O) groups is 1. The van der Waals surface area contributed by atoms with Crippen LogP contribution in [0.1, 0.15) is 30.3 Å². The molecule has 1 aliphatic heterocycles. The minimum atomic E-state index is -0.140. The molecule has 0 aliphatic carbocycles. The molecule has 0 saturated carbocycles. The monoisotopic (exact) mass is 300 g/mol. The average Bonchev–Trinajstić information content (AvgIpc) is 2.94. The third-order valence-electron chi connectivity index (χ3n) is 3.20. The van der Waals surface area contributed by atoms with Gasteiger partial charge in [-0.05, 0) is 54.0 Å². The maximum Gasteiger partial charge on any atom is 0.287 e. The van der Waals surface area contributed by atoms with Crippen LogP contribution in [0.4, 0.5) is 0 Å². The minimum absolute atomic E-state index is 0.140. The normalized spacial score (nSPS) is 20.7. The third-order valence-corrected chi connectivity index (χ3v) is 3.63. The lowest BCUT2D eigenvalue weighted by molar-refractivity contribution is 0.0912. The van der Waals surface area contributed by atoms with E-state index in [2.05, 4.69) is 33.1 Å². The molecule has 5 heteroatoms. The van der Waals surface area contributed by atoms with E-state index >= 15 is 0 Å². The SMILES string of the molecule is CCN1CCCC1CNC(=O)c1ccc(Br)o1. The van der Waals surface area contributed by atoms with E-state index in [1.165, 1.54) is 6.42 Å². The number of rotatable bonds is 4. The maximum atomic E-state index is 11.8. The van der Waals surface area contributed by atoms with E-state index < -0.39 is 0 Å². The Morgan fingerprint density at radius 1 is 1.65 bits per heavy atom. The number of nitrogens with zero attached hydrogens (tertiary/aromatic N) is 1. The highest BCUT2D eigenvalue weighted by Gasteiger charge is 2.23. The van der Waals surface area contributed by atoms with E-state index in [-0.39, 0.29) is 5.91 Å². The molecule has 0 radical (unpaired) electrons. The Balaban J connectivity index is 1.84. The molecular weight excluding hydrogens is 284 g/mol. The van der Waals surface area contributed by atoms with Gasteiger partial charge in [-0.25, -0.2) is 0 Å². The first-order valence-electron chi connectivity index (χ1n) is 5.98. The van der Waals surface area contributed by atoms with Gasteiger partial charge in [0.15, 0.2) is 10.4 Å². The number of nitrogens with one attached hydrogen (secondary N) is 1. The van der Waals surface area contributed by atoms with Crippen LogP contribution in [-0.4, -0.2) is 36.5 Å². The lowest BCUT2D eigenvalue weighted by atomic mass is 10.2. The summed E-state index contributed by atoms with van der Waals surface area (Å²) in [5, 5.41) is 2.92. The van der Waals surface area contributed by atoms with Gasteiger partial charge in [0, 0.05) is 12.6 Å². The van der Waals surface area contributed by atoms with Gasteiger partial charge in [-0.15, -0.1) is 0 Å². The first-order valence-corrected chi connectivity index (χ1v) is 6.77. The highest BCUT2D eigenvalue weighted by atomic mass is 79.9. The zero-order valence-corrected chi connectivity index (χ0v) is 11.5. The molecule has 1 aromatic rings. The molecule has 0 bridgehead atoms.